The third kappa shape index (κ3) is 2.47. The summed E-state index contributed by atoms with van der Waals surface area (Å²) in [6, 6.07) is 7.58. The van der Waals surface area contributed by atoms with Gasteiger partial charge in [0.25, 0.3) is 0 Å². The van der Waals surface area contributed by atoms with Crippen molar-refractivity contribution in [3.05, 3.63) is 29.8 Å². The van der Waals surface area contributed by atoms with Crippen LogP contribution in [0.4, 0.5) is 0 Å². The van der Waals surface area contributed by atoms with E-state index in [0.29, 0.717) is 17.6 Å². The van der Waals surface area contributed by atoms with E-state index in [9.17, 15) is 5.11 Å². The molecule has 2 nitrogen and oxygen atoms in total. The molecule has 3 heteroatoms. The van der Waals surface area contributed by atoms with Crippen LogP contribution in [0.5, 0.6) is 5.75 Å². The summed E-state index contributed by atoms with van der Waals surface area (Å²) >= 11 is 2.00. The third-order valence-corrected chi connectivity index (χ3v) is 4.24. The van der Waals surface area contributed by atoms with Crippen molar-refractivity contribution >= 4 is 11.8 Å². The first-order valence-electron chi connectivity index (χ1n) is 5.38. The lowest BCUT2D eigenvalue weighted by Crippen LogP contribution is -2.27. The van der Waals surface area contributed by atoms with Crippen LogP contribution in [0.25, 0.3) is 0 Å². The van der Waals surface area contributed by atoms with Crippen molar-refractivity contribution in [2.24, 2.45) is 11.7 Å². The number of nitrogens with two attached hydrogens (primary N) is 1. The van der Waals surface area contributed by atoms with E-state index in [1.54, 1.807) is 12.1 Å². The van der Waals surface area contributed by atoms with E-state index < -0.39 is 0 Å². The summed E-state index contributed by atoms with van der Waals surface area (Å²) in [5.74, 6) is 3.90. The normalized spacial score (nSPS) is 26.5. The number of hydrogen-bond donors (Lipinski definition) is 2. The fraction of sp³-hybridized carbons (Fsp3) is 0.500. The molecule has 0 aromatic heterocycles. The molecule has 1 aromatic carbocycles. The van der Waals surface area contributed by atoms with E-state index in [2.05, 4.69) is 0 Å². The van der Waals surface area contributed by atoms with Crippen molar-refractivity contribution in [2.75, 3.05) is 18.1 Å². The van der Waals surface area contributed by atoms with E-state index in [4.69, 9.17) is 5.73 Å². The number of phenols is 1. The smallest absolute Gasteiger partial charge is 0.115 e. The zero-order valence-electron chi connectivity index (χ0n) is 8.73. The fourth-order valence-electron chi connectivity index (χ4n) is 2.15. The van der Waals surface area contributed by atoms with Crippen molar-refractivity contribution in [1.29, 1.82) is 0 Å². The maximum atomic E-state index is 9.25. The molecule has 1 aliphatic heterocycles. The Bertz CT molecular complexity index is 312. The van der Waals surface area contributed by atoms with Gasteiger partial charge in [0.2, 0.25) is 0 Å². The van der Waals surface area contributed by atoms with Crippen LogP contribution in [0.3, 0.4) is 0 Å². The van der Waals surface area contributed by atoms with Crippen LogP contribution in [-0.2, 0) is 0 Å². The van der Waals surface area contributed by atoms with Crippen LogP contribution in [0.2, 0.25) is 0 Å². The van der Waals surface area contributed by atoms with E-state index >= 15 is 0 Å². The number of rotatable bonds is 2. The number of phenolic OH excluding ortho intramolecular Hbond substituents is 1. The van der Waals surface area contributed by atoms with Crippen LogP contribution in [0.1, 0.15) is 17.9 Å². The molecule has 1 heterocycles. The van der Waals surface area contributed by atoms with Gasteiger partial charge in [-0.2, -0.15) is 11.8 Å². The molecule has 3 N–H and O–H groups in total. The summed E-state index contributed by atoms with van der Waals surface area (Å²) in [4.78, 5) is 0. The summed E-state index contributed by atoms with van der Waals surface area (Å²) in [6.07, 6.45) is 1.21. The van der Waals surface area contributed by atoms with Gasteiger partial charge in [-0.05, 0) is 48.3 Å². The summed E-state index contributed by atoms with van der Waals surface area (Å²) < 4.78 is 0. The third-order valence-electron chi connectivity index (χ3n) is 3.12. The summed E-state index contributed by atoms with van der Waals surface area (Å²) in [5.41, 5.74) is 7.12. The van der Waals surface area contributed by atoms with Crippen LogP contribution in [0, 0.1) is 5.92 Å². The standard InChI is InChI=1S/C12H17NOS/c13-7-10-5-6-15-8-12(10)9-1-3-11(14)4-2-9/h1-4,10,12,14H,5-8,13H2. The molecule has 1 aliphatic rings. The largest absolute Gasteiger partial charge is 0.508 e. The molecule has 1 aromatic rings. The molecule has 1 fully saturated rings. The first-order chi connectivity index (χ1) is 7.31. The van der Waals surface area contributed by atoms with Crippen LogP contribution < -0.4 is 5.73 Å². The van der Waals surface area contributed by atoms with Gasteiger partial charge in [-0.1, -0.05) is 12.1 Å². The Kier molecular flexibility index (Phi) is 3.54. The lowest BCUT2D eigenvalue weighted by atomic mass is 9.85. The highest BCUT2D eigenvalue weighted by molar-refractivity contribution is 7.99. The Morgan fingerprint density at radius 3 is 2.73 bits per heavy atom. The molecule has 1 saturated heterocycles. The van der Waals surface area contributed by atoms with E-state index in [1.165, 1.54) is 17.7 Å². The van der Waals surface area contributed by atoms with Gasteiger partial charge >= 0.3 is 0 Å². The first kappa shape index (κ1) is 10.8. The lowest BCUT2D eigenvalue weighted by molar-refractivity contribution is 0.438. The maximum Gasteiger partial charge on any atom is 0.115 e. The van der Waals surface area contributed by atoms with E-state index in [0.717, 1.165) is 12.3 Å². The highest BCUT2D eigenvalue weighted by Crippen LogP contribution is 2.36. The molecular weight excluding hydrogens is 206 g/mol. The van der Waals surface area contributed by atoms with Crippen molar-refractivity contribution < 1.29 is 5.11 Å². The highest BCUT2D eigenvalue weighted by atomic mass is 32.2. The summed E-state index contributed by atoms with van der Waals surface area (Å²) in [6.45, 7) is 0.770. The molecule has 2 atom stereocenters. The van der Waals surface area contributed by atoms with Crippen LogP contribution >= 0.6 is 11.8 Å². The average Bonchev–Trinajstić information content (AvgIpc) is 2.30. The minimum atomic E-state index is 0.339. The van der Waals surface area contributed by atoms with Crippen molar-refractivity contribution in [2.45, 2.75) is 12.3 Å². The van der Waals surface area contributed by atoms with Crippen LogP contribution in [0.15, 0.2) is 24.3 Å². The predicted molar refractivity (Wildman–Crippen MR) is 65.3 cm³/mol. The maximum absolute atomic E-state index is 9.25. The second kappa shape index (κ2) is 4.90. The molecule has 2 unspecified atom stereocenters. The lowest BCUT2D eigenvalue weighted by Gasteiger charge is -2.30. The molecule has 0 saturated carbocycles. The molecule has 0 aliphatic carbocycles. The summed E-state index contributed by atoms with van der Waals surface area (Å²) in [5, 5.41) is 9.25. The SMILES string of the molecule is NCC1CCSCC1c1ccc(O)cc1. The minimum Gasteiger partial charge on any atom is -0.508 e. The Labute approximate surface area is 94.9 Å². The monoisotopic (exact) mass is 223 g/mol. The van der Waals surface area contributed by atoms with Gasteiger partial charge in [0, 0.05) is 5.75 Å². The fourth-order valence-corrected chi connectivity index (χ4v) is 3.51. The van der Waals surface area contributed by atoms with Gasteiger partial charge in [0.15, 0.2) is 0 Å². The molecule has 0 amide bonds. The number of benzene rings is 1. The van der Waals surface area contributed by atoms with Crippen LogP contribution in [-0.4, -0.2) is 23.2 Å². The zero-order chi connectivity index (χ0) is 10.7. The highest BCUT2D eigenvalue weighted by Gasteiger charge is 2.25. The van der Waals surface area contributed by atoms with Crippen molar-refractivity contribution in [3.63, 3.8) is 0 Å². The van der Waals surface area contributed by atoms with E-state index in [1.807, 2.05) is 23.9 Å². The summed E-state index contributed by atoms with van der Waals surface area (Å²) in [7, 11) is 0. The zero-order valence-corrected chi connectivity index (χ0v) is 9.54. The Morgan fingerprint density at radius 1 is 1.33 bits per heavy atom. The van der Waals surface area contributed by atoms with Gasteiger partial charge in [0.1, 0.15) is 5.75 Å². The number of hydrogen-bond acceptors (Lipinski definition) is 3. The van der Waals surface area contributed by atoms with Gasteiger partial charge in [-0.15, -0.1) is 0 Å². The first-order valence-corrected chi connectivity index (χ1v) is 6.53. The Hall–Kier alpha value is -0.670. The average molecular weight is 223 g/mol. The molecule has 0 radical (unpaired) electrons. The second-order valence-electron chi connectivity index (χ2n) is 4.06. The molecule has 0 bridgehead atoms. The Balaban J connectivity index is 2.16. The molecular formula is C12H17NOS. The topological polar surface area (TPSA) is 46.2 Å². The minimum absolute atomic E-state index is 0.339. The number of thioether (sulfide) groups is 1. The van der Waals surface area contributed by atoms with Gasteiger partial charge in [0.05, 0.1) is 0 Å². The molecule has 15 heavy (non-hydrogen) atoms. The van der Waals surface area contributed by atoms with E-state index in [-0.39, 0.29) is 0 Å². The van der Waals surface area contributed by atoms with Gasteiger partial charge in [-0.3, -0.25) is 0 Å². The second-order valence-corrected chi connectivity index (χ2v) is 5.21. The molecule has 82 valence electrons. The van der Waals surface area contributed by atoms with Crippen molar-refractivity contribution in [1.82, 2.24) is 0 Å². The quantitative estimate of drug-likeness (QED) is 0.808. The number of aromatic hydroxyl groups is 1. The Morgan fingerprint density at radius 2 is 2.07 bits per heavy atom. The van der Waals surface area contributed by atoms with Gasteiger partial charge < -0.3 is 10.8 Å². The molecule has 2 rings (SSSR count). The predicted octanol–water partition coefficient (Wildman–Crippen LogP) is 2.19. The van der Waals surface area contributed by atoms with Gasteiger partial charge in [-0.25, -0.2) is 0 Å². The molecule has 0 spiro atoms. The van der Waals surface area contributed by atoms with Crippen molar-refractivity contribution in [3.8, 4) is 5.75 Å².